The molecule has 5 nitrogen and oxygen atoms in total. The van der Waals surface area contributed by atoms with Crippen molar-refractivity contribution in [2.75, 3.05) is 25.5 Å². The van der Waals surface area contributed by atoms with Crippen LogP contribution in [0.4, 0.5) is 5.82 Å². The van der Waals surface area contributed by atoms with Crippen LogP contribution in [-0.4, -0.2) is 36.2 Å². The number of halogens is 1. The zero-order valence-electron chi connectivity index (χ0n) is 10.8. The lowest BCUT2D eigenvalue weighted by molar-refractivity contribution is 0.0703. The van der Waals surface area contributed by atoms with Crippen molar-refractivity contribution in [2.24, 2.45) is 0 Å². The predicted molar refractivity (Wildman–Crippen MR) is 81.9 cm³/mol. The van der Waals surface area contributed by atoms with E-state index in [1.54, 1.807) is 12.1 Å². The van der Waals surface area contributed by atoms with Crippen molar-refractivity contribution in [3.63, 3.8) is 0 Å². The van der Waals surface area contributed by atoms with Crippen LogP contribution in [0.15, 0.2) is 24.3 Å². The highest BCUT2D eigenvalue weighted by Gasteiger charge is 2.17. The summed E-state index contributed by atoms with van der Waals surface area (Å²) in [4.78, 5) is 15.8. The van der Waals surface area contributed by atoms with Gasteiger partial charge in [0.15, 0.2) is 10.7 Å². The number of carboxylic acids is 1. The zero-order valence-corrected chi connectivity index (χ0v) is 12.4. The smallest absolute Gasteiger partial charge is 0.349 e. The van der Waals surface area contributed by atoms with Crippen molar-refractivity contribution >= 4 is 34.7 Å². The van der Waals surface area contributed by atoms with Crippen LogP contribution in [-0.2, 0) is 0 Å². The van der Waals surface area contributed by atoms with Gasteiger partial charge in [-0.1, -0.05) is 23.7 Å². The highest BCUT2D eigenvalue weighted by Crippen LogP contribution is 2.31. The first kappa shape index (κ1) is 14.8. The van der Waals surface area contributed by atoms with Crippen LogP contribution >= 0.6 is 22.9 Å². The normalized spacial score (nSPS) is 10.5. The molecular formula is C13H14ClN3O2S. The lowest BCUT2D eigenvalue weighted by Crippen LogP contribution is -2.18. The van der Waals surface area contributed by atoms with Gasteiger partial charge in [0, 0.05) is 23.7 Å². The molecule has 106 valence electrons. The summed E-state index contributed by atoms with van der Waals surface area (Å²) in [5, 5.41) is 16.5. The maximum Gasteiger partial charge on any atom is 0.349 e. The molecule has 20 heavy (non-hydrogen) atoms. The van der Waals surface area contributed by atoms with E-state index in [9.17, 15) is 9.90 Å². The topological polar surface area (TPSA) is 74.2 Å². The minimum Gasteiger partial charge on any atom is -0.477 e. The quantitative estimate of drug-likeness (QED) is 0.715. The molecule has 0 spiro atoms. The summed E-state index contributed by atoms with van der Waals surface area (Å²) in [5.74, 6) is -0.572. The first-order valence-corrected chi connectivity index (χ1v) is 7.20. The number of anilines is 1. The molecule has 0 saturated heterocycles. The van der Waals surface area contributed by atoms with E-state index in [0.29, 0.717) is 22.4 Å². The van der Waals surface area contributed by atoms with Crippen LogP contribution < -0.4 is 10.6 Å². The van der Waals surface area contributed by atoms with Crippen LogP contribution in [0.3, 0.4) is 0 Å². The Balaban J connectivity index is 2.28. The van der Waals surface area contributed by atoms with Gasteiger partial charge in [-0.15, -0.1) is 11.3 Å². The summed E-state index contributed by atoms with van der Waals surface area (Å²) < 4.78 is 0. The largest absolute Gasteiger partial charge is 0.477 e. The number of hydrogen-bond donors (Lipinski definition) is 3. The minimum atomic E-state index is -0.977. The standard InChI is InChI=1S/C13H14ClN3O2S/c1-15-6-7-16-11-10(13(18)19)20-12(17-11)8-2-4-9(14)5-3-8/h2-5,15-16H,6-7H2,1H3,(H,18,19). The monoisotopic (exact) mass is 311 g/mol. The second-order valence-electron chi connectivity index (χ2n) is 4.04. The van der Waals surface area contributed by atoms with E-state index in [2.05, 4.69) is 15.6 Å². The van der Waals surface area contributed by atoms with Crippen LogP contribution in [0.5, 0.6) is 0 Å². The maximum atomic E-state index is 11.2. The summed E-state index contributed by atoms with van der Waals surface area (Å²) in [6, 6.07) is 7.16. The molecule has 0 radical (unpaired) electrons. The van der Waals surface area contributed by atoms with E-state index < -0.39 is 5.97 Å². The van der Waals surface area contributed by atoms with Crippen molar-refractivity contribution in [2.45, 2.75) is 0 Å². The SMILES string of the molecule is CNCCNc1nc(-c2ccc(Cl)cc2)sc1C(=O)O. The summed E-state index contributed by atoms with van der Waals surface area (Å²) in [7, 11) is 1.83. The lowest BCUT2D eigenvalue weighted by Gasteiger charge is -2.02. The second-order valence-corrected chi connectivity index (χ2v) is 5.47. The van der Waals surface area contributed by atoms with Crippen molar-refractivity contribution in [1.82, 2.24) is 10.3 Å². The Kier molecular flexibility index (Phi) is 4.94. The molecule has 0 fully saturated rings. The first-order valence-electron chi connectivity index (χ1n) is 6.00. The number of carboxylic acid groups (broad SMARTS) is 1. The van der Waals surface area contributed by atoms with Crippen molar-refractivity contribution in [1.29, 1.82) is 0 Å². The third kappa shape index (κ3) is 3.47. The number of carbonyl (C=O) groups is 1. The maximum absolute atomic E-state index is 11.2. The van der Waals surface area contributed by atoms with Gasteiger partial charge in [0.2, 0.25) is 0 Å². The number of benzene rings is 1. The van der Waals surface area contributed by atoms with Gasteiger partial charge in [-0.2, -0.15) is 0 Å². The minimum absolute atomic E-state index is 0.214. The fourth-order valence-corrected chi connectivity index (χ4v) is 2.62. The molecule has 1 aromatic heterocycles. The number of likely N-dealkylation sites (N-methyl/N-ethyl adjacent to an activating group) is 1. The molecule has 0 bridgehead atoms. The number of thiazole rings is 1. The molecule has 0 aliphatic carbocycles. The molecule has 2 rings (SSSR count). The summed E-state index contributed by atoms with van der Waals surface area (Å²) in [6.07, 6.45) is 0. The summed E-state index contributed by atoms with van der Waals surface area (Å²) in [5.41, 5.74) is 0.851. The molecule has 7 heteroatoms. The van der Waals surface area contributed by atoms with Crippen LogP contribution in [0.1, 0.15) is 9.67 Å². The molecule has 2 aromatic rings. The highest BCUT2D eigenvalue weighted by atomic mass is 35.5. The third-order valence-corrected chi connectivity index (χ3v) is 3.92. The molecule has 0 saturated carbocycles. The van der Waals surface area contributed by atoms with Gasteiger partial charge in [-0.3, -0.25) is 0 Å². The summed E-state index contributed by atoms with van der Waals surface area (Å²) >= 11 is 6.99. The fourth-order valence-electron chi connectivity index (χ4n) is 1.61. The first-order chi connectivity index (χ1) is 9.61. The Morgan fingerprint density at radius 1 is 1.35 bits per heavy atom. The van der Waals surface area contributed by atoms with Gasteiger partial charge in [0.1, 0.15) is 5.01 Å². The third-order valence-electron chi connectivity index (χ3n) is 2.58. The van der Waals surface area contributed by atoms with Gasteiger partial charge in [-0.05, 0) is 19.2 Å². The summed E-state index contributed by atoms with van der Waals surface area (Å²) in [6.45, 7) is 1.34. The van der Waals surface area contributed by atoms with Crippen molar-refractivity contribution < 1.29 is 9.90 Å². The predicted octanol–water partition coefficient (Wildman–Crippen LogP) is 2.79. The fraction of sp³-hybridized carbons (Fsp3) is 0.231. The lowest BCUT2D eigenvalue weighted by atomic mass is 10.2. The van der Waals surface area contributed by atoms with Gasteiger partial charge >= 0.3 is 5.97 Å². The van der Waals surface area contributed by atoms with Crippen molar-refractivity contribution in [3.8, 4) is 10.6 Å². The highest BCUT2D eigenvalue weighted by molar-refractivity contribution is 7.17. The molecule has 0 atom stereocenters. The number of nitrogens with one attached hydrogen (secondary N) is 2. The van der Waals surface area contributed by atoms with Gasteiger partial charge in [0.05, 0.1) is 0 Å². The molecule has 0 amide bonds. The van der Waals surface area contributed by atoms with Crippen molar-refractivity contribution in [3.05, 3.63) is 34.2 Å². The van der Waals surface area contributed by atoms with Gasteiger partial charge in [-0.25, -0.2) is 9.78 Å². The van der Waals surface area contributed by atoms with E-state index in [0.717, 1.165) is 23.4 Å². The molecule has 3 N–H and O–H groups in total. The Morgan fingerprint density at radius 3 is 2.65 bits per heavy atom. The number of hydrogen-bond acceptors (Lipinski definition) is 5. The second kappa shape index (κ2) is 6.69. The van der Waals surface area contributed by atoms with Crippen LogP contribution in [0.25, 0.3) is 10.6 Å². The number of aromatic carboxylic acids is 1. The van der Waals surface area contributed by atoms with Gasteiger partial charge < -0.3 is 15.7 Å². The molecule has 0 aliphatic rings. The van der Waals surface area contributed by atoms with E-state index in [1.807, 2.05) is 19.2 Å². The number of nitrogens with zero attached hydrogens (tertiary/aromatic N) is 1. The average Bonchev–Trinajstić information content (AvgIpc) is 2.84. The molecule has 0 unspecified atom stereocenters. The molecular weight excluding hydrogens is 298 g/mol. The van der Waals surface area contributed by atoms with E-state index in [-0.39, 0.29) is 4.88 Å². The van der Waals surface area contributed by atoms with Gasteiger partial charge in [0.25, 0.3) is 0 Å². The Hall–Kier alpha value is -1.63. The Labute approximate surface area is 125 Å². The Bertz CT molecular complexity index is 598. The number of aromatic nitrogens is 1. The van der Waals surface area contributed by atoms with Crippen LogP contribution in [0.2, 0.25) is 5.02 Å². The molecule has 1 aromatic carbocycles. The molecule has 0 aliphatic heterocycles. The number of rotatable bonds is 6. The van der Waals surface area contributed by atoms with E-state index >= 15 is 0 Å². The zero-order chi connectivity index (χ0) is 14.5. The Morgan fingerprint density at radius 2 is 2.05 bits per heavy atom. The van der Waals surface area contributed by atoms with E-state index in [1.165, 1.54) is 0 Å². The van der Waals surface area contributed by atoms with E-state index in [4.69, 9.17) is 11.6 Å². The molecule has 1 heterocycles. The van der Waals surface area contributed by atoms with Crippen LogP contribution in [0, 0.1) is 0 Å². The average molecular weight is 312 g/mol.